The van der Waals surface area contributed by atoms with Crippen LogP contribution in [0.25, 0.3) is 0 Å². The molecule has 3 atom stereocenters. The number of nitrogens with one attached hydrogen (secondary N) is 2. The molecule has 0 rings (SSSR count). The van der Waals surface area contributed by atoms with Gasteiger partial charge in [0.2, 0.25) is 11.8 Å². The molecule has 0 radical (unpaired) electrons. The van der Waals surface area contributed by atoms with Crippen LogP contribution in [0.5, 0.6) is 0 Å². The zero-order valence-electron chi connectivity index (χ0n) is 11.9. The lowest BCUT2D eigenvalue weighted by Gasteiger charge is -2.20. The first-order valence-electron chi connectivity index (χ1n) is 6.39. The van der Waals surface area contributed by atoms with Gasteiger partial charge in [-0.15, -0.1) is 0 Å². The van der Waals surface area contributed by atoms with Crippen molar-refractivity contribution >= 4 is 17.8 Å². The van der Waals surface area contributed by atoms with Crippen LogP contribution < -0.4 is 16.4 Å². The summed E-state index contributed by atoms with van der Waals surface area (Å²) in [6, 6.07) is -3.06. The Bertz CT molecular complexity index is 359. The van der Waals surface area contributed by atoms with Gasteiger partial charge in [-0.3, -0.25) is 9.59 Å². The molecule has 0 aliphatic rings. The zero-order chi connectivity index (χ0) is 15.9. The fourth-order valence-electron chi connectivity index (χ4n) is 1.48. The van der Waals surface area contributed by atoms with E-state index >= 15 is 0 Å². The number of aliphatic hydroxyl groups is 1. The van der Waals surface area contributed by atoms with E-state index in [9.17, 15) is 14.4 Å². The molecule has 0 aromatic carbocycles. The van der Waals surface area contributed by atoms with Crippen LogP contribution in [-0.2, 0) is 14.4 Å². The molecule has 6 N–H and O–H groups in total. The number of nitrogens with two attached hydrogens (primary N) is 1. The van der Waals surface area contributed by atoms with Gasteiger partial charge in [0.05, 0.1) is 12.6 Å². The highest BCUT2D eigenvalue weighted by molar-refractivity contribution is 5.91. The molecule has 20 heavy (non-hydrogen) atoms. The van der Waals surface area contributed by atoms with Crippen molar-refractivity contribution in [3.63, 3.8) is 0 Å². The molecular weight excluding hydrogens is 266 g/mol. The van der Waals surface area contributed by atoms with Crippen molar-refractivity contribution in [3.05, 3.63) is 0 Å². The molecule has 0 fully saturated rings. The molecule has 0 aromatic heterocycles. The van der Waals surface area contributed by atoms with Gasteiger partial charge in [0.25, 0.3) is 0 Å². The fourth-order valence-corrected chi connectivity index (χ4v) is 1.48. The smallest absolute Gasteiger partial charge is 0.328 e. The number of amides is 2. The first kappa shape index (κ1) is 18.3. The van der Waals surface area contributed by atoms with Gasteiger partial charge in [-0.2, -0.15) is 0 Å². The van der Waals surface area contributed by atoms with Crippen LogP contribution in [0.15, 0.2) is 0 Å². The van der Waals surface area contributed by atoms with Crippen LogP contribution >= 0.6 is 0 Å². The average Bonchev–Trinajstić information content (AvgIpc) is 2.33. The quantitative estimate of drug-likeness (QED) is 0.365. The summed E-state index contributed by atoms with van der Waals surface area (Å²) in [6.07, 6.45) is 0.481. The molecule has 0 heterocycles. The molecule has 8 heteroatoms. The average molecular weight is 289 g/mol. The van der Waals surface area contributed by atoms with Crippen LogP contribution in [0.4, 0.5) is 0 Å². The minimum atomic E-state index is -1.40. The van der Waals surface area contributed by atoms with Crippen molar-refractivity contribution in [2.24, 2.45) is 11.7 Å². The summed E-state index contributed by atoms with van der Waals surface area (Å²) in [5, 5.41) is 22.0. The largest absolute Gasteiger partial charge is 0.480 e. The molecule has 0 spiro atoms. The van der Waals surface area contributed by atoms with E-state index in [1.807, 2.05) is 13.8 Å². The second-order valence-electron chi connectivity index (χ2n) is 5.05. The minimum Gasteiger partial charge on any atom is -0.480 e. The number of carboxylic acids is 1. The molecule has 0 aliphatic heterocycles. The maximum absolute atomic E-state index is 11.7. The van der Waals surface area contributed by atoms with E-state index in [1.165, 1.54) is 6.92 Å². The Labute approximate surface area is 117 Å². The summed E-state index contributed by atoms with van der Waals surface area (Å²) in [4.78, 5) is 34.0. The number of rotatable bonds is 8. The van der Waals surface area contributed by atoms with Crippen molar-refractivity contribution in [3.8, 4) is 0 Å². The first-order valence-corrected chi connectivity index (χ1v) is 6.39. The normalized spacial score (nSPS) is 15.3. The Morgan fingerprint density at radius 1 is 1.10 bits per heavy atom. The highest BCUT2D eigenvalue weighted by Gasteiger charge is 2.24. The molecule has 8 nitrogen and oxygen atoms in total. The molecule has 0 saturated carbocycles. The number of aliphatic hydroxyl groups excluding tert-OH is 1. The Balaban J connectivity index is 4.38. The molecule has 0 bridgehead atoms. The topological polar surface area (TPSA) is 142 Å². The number of carbonyl (C=O) groups excluding carboxylic acids is 2. The van der Waals surface area contributed by atoms with E-state index in [0.29, 0.717) is 6.42 Å². The highest BCUT2D eigenvalue weighted by atomic mass is 16.4. The van der Waals surface area contributed by atoms with Gasteiger partial charge < -0.3 is 26.6 Å². The molecule has 0 aromatic rings. The first-order chi connectivity index (χ1) is 9.18. The third kappa shape index (κ3) is 6.48. The zero-order valence-corrected chi connectivity index (χ0v) is 11.9. The van der Waals surface area contributed by atoms with Crippen molar-refractivity contribution < 1.29 is 24.6 Å². The van der Waals surface area contributed by atoms with Gasteiger partial charge in [0, 0.05) is 0 Å². The van der Waals surface area contributed by atoms with E-state index in [0.717, 1.165) is 0 Å². The maximum Gasteiger partial charge on any atom is 0.328 e. The van der Waals surface area contributed by atoms with Crippen LogP contribution in [0.1, 0.15) is 27.2 Å². The van der Waals surface area contributed by atoms with Crippen LogP contribution in [-0.4, -0.2) is 52.7 Å². The molecule has 0 saturated heterocycles. The molecule has 0 aliphatic carbocycles. The van der Waals surface area contributed by atoms with Gasteiger partial charge in [0.15, 0.2) is 0 Å². The molecule has 116 valence electrons. The number of carbonyl (C=O) groups is 3. The van der Waals surface area contributed by atoms with Crippen molar-refractivity contribution in [2.45, 2.75) is 45.3 Å². The highest BCUT2D eigenvalue weighted by Crippen LogP contribution is 2.02. The Morgan fingerprint density at radius 2 is 1.65 bits per heavy atom. The number of aliphatic carboxylic acids is 1. The predicted octanol–water partition coefficient (Wildman–Crippen LogP) is -1.57. The molecular formula is C12H23N3O5. The van der Waals surface area contributed by atoms with Gasteiger partial charge in [-0.1, -0.05) is 13.8 Å². The fraction of sp³-hybridized carbons (Fsp3) is 0.750. The second-order valence-corrected chi connectivity index (χ2v) is 5.05. The summed E-state index contributed by atoms with van der Waals surface area (Å²) >= 11 is 0. The van der Waals surface area contributed by atoms with Gasteiger partial charge in [-0.25, -0.2) is 4.79 Å². The lowest BCUT2D eigenvalue weighted by Crippen LogP contribution is -2.54. The maximum atomic E-state index is 11.7. The summed E-state index contributed by atoms with van der Waals surface area (Å²) in [5.41, 5.74) is 5.66. The molecule has 3 unspecified atom stereocenters. The van der Waals surface area contributed by atoms with Gasteiger partial charge >= 0.3 is 5.97 Å². The predicted molar refractivity (Wildman–Crippen MR) is 71.7 cm³/mol. The second kappa shape index (κ2) is 8.49. The van der Waals surface area contributed by atoms with Gasteiger partial charge in [0.1, 0.15) is 12.1 Å². The summed E-state index contributed by atoms with van der Waals surface area (Å²) in [6.45, 7) is 4.52. The number of hydrogen-bond acceptors (Lipinski definition) is 5. The SMILES string of the molecule is CC(C)CC(N)C(=O)NC(C)C(=O)NC(CO)C(=O)O. The third-order valence-corrected chi connectivity index (χ3v) is 2.61. The lowest BCUT2D eigenvalue weighted by atomic mass is 10.0. The Kier molecular flexibility index (Phi) is 7.78. The monoisotopic (exact) mass is 289 g/mol. The standard InChI is InChI=1S/C12H23N3O5/c1-6(2)4-8(13)11(18)14-7(3)10(17)15-9(5-16)12(19)20/h6-9,16H,4-5,13H2,1-3H3,(H,14,18)(H,15,17)(H,19,20). The molecule has 2 amide bonds. The Morgan fingerprint density at radius 3 is 2.05 bits per heavy atom. The summed E-state index contributed by atoms with van der Waals surface area (Å²) in [5.74, 6) is -2.28. The third-order valence-electron chi connectivity index (χ3n) is 2.61. The van der Waals surface area contributed by atoms with Crippen LogP contribution in [0.2, 0.25) is 0 Å². The van der Waals surface area contributed by atoms with E-state index in [-0.39, 0.29) is 5.92 Å². The number of hydrogen-bond donors (Lipinski definition) is 5. The summed E-state index contributed by atoms with van der Waals surface area (Å²) < 4.78 is 0. The van der Waals surface area contributed by atoms with Crippen molar-refractivity contribution in [1.29, 1.82) is 0 Å². The Hall–Kier alpha value is -1.67. The van der Waals surface area contributed by atoms with E-state index in [4.69, 9.17) is 15.9 Å². The van der Waals surface area contributed by atoms with E-state index < -0.39 is 42.5 Å². The van der Waals surface area contributed by atoms with E-state index in [1.54, 1.807) is 0 Å². The summed E-state index contributed by atoms with van der Waals surface area (Å²) in [7, 11) is 0. The lowest BCUT2D eigenvalue weighted by molar-refractivity contribution is -0.143. The minimum absolute atomic E-state index is 0.241. The van der Waals surface area contributed by atoms with E-state index in [2.05, 4.69) is 10.6 Å². The van der Waals surface area contributed by atoms with Crippen molar-refractivity contribution in [1.82, 2.24) is 10.6 Å². The number of carboxylic acid groups (broad SMARTS) is 1. The van der Waals surface area contributed by atoms with Crippen molar-refractivity contribution in [2.75, 3.05) is 6.61 Å². The van der Waals surface area contributed by atoms with Crippen LogP contribution in [0.3, 0.4) is 0 Å². The van der Waals surface area contributed by atoms with Gasteiger partial charge in [-0.05, 0) is 19.3 Å². The van der Waals surface area contributed by atoms with Crippen LogP contribution in [0, 0.1) is 5.92 Å².